The monoisotopic (exact) mass is 372 g/mol. The van der Waals surface area contributed by atoms with Crippen molar-refractivity contribution in [3.05, 3.63) is 75.4 Å². The summed E-state index contributed by atoms with van der Waals surface area (Å²) in [6.45, 7) is 4.18. The van der Waals surface area contributed by atoms with E-state index < -0.39 is 0 Å². The molecule has 2 nitrogen and oxygen atoms in total. The Kier molecular flexibility index (Phi) is 5.03. The Bertz CT molecular complexity index is 787. The summed E-state index contributed by atoms with van der Waals surface area (Å²) in [7, 11) is 0. The molecule has 0 bridgehead atoms. The molecule has 0 N–H and O–H groups in total. The average Bonchev–Trinajstić information content (AvgIpc) is 2.65. The highest BCUT2D eigenvalue weighted by atomic mass is 35.5. The molecule has 1 fully saturated rings. The van der Waals surface area contributed by atoms with Gasteiger partial charge in [0.25, 0.3) is 0 Å². The molecule has 0 spiro atoms. The molecule has 2 aromatic rings. The molecule has 0 aliphatic carbocycles. The van der Waals surface area contributed by atoms with Gasteiger partial charge in [-0.3, -0.25) is 4.90 Å². The molecule has 1 saturated heterocycles. The summed E-state index contributed by atoms with van der Waals surface area (Å²) in [4.78, 5) is 5.03. The summed E-state index contributed by atoms with van der Waals surface area (Å²) in [5.74, 6) is 0. The second-order valence-electron chi connectivity index (χ2n) is 6.97. The lowest BCUT2D eigenvalue weighted by molar-refractivity contribution is 0.120. The fraction of sp³-hybridized carbons (Fsp3) is 0.333. The highest BCUT2D eigenvalue weighted by Gasteiger charge is 2.25. The summed E-state index contributed by atoms with van der Waals surface area (Å²) in [6, 6.07) is 15.2. The van der Waals surface area contributed by atoms with E-state index in [1.165, 1.54) is 29.5 Å². The molecule has 4 heteroatoms. The number of rotatable bonds is 3. The topological polar surface area (TPSA) is 6.48 Å². The molecule has 2 aliphatic rings. The Morgan fingerprint density at radius 2 is 1.92 bits per heavy atom. The first-order chi connectivity index (χ1) is 12.2. The highest BCUT2D eigenvalue weighted by molar-refractivity contribution is 6.42. The Morgan fingerprint density at radius 1 is 1.04 bits per heavy atom. The summed E-state index contributed by atoms with van der Waals surface area (Å²) in [6.07, 6.45) is 7.01. The van der Waals surface area contributed by atoms with Gasteiger partial charge in [0.05, 0.1) is 10.0 Å². The quantitative estimate of drug-likeness (QED) is 0.707. The first kappa shape index (κ1) is 17.0. The second kappa shape index (κ2) is 7.41. The van der Waals surface area contributed by atoms with E-state index in [1.807, 2.05) is 12.1 Å². The molecule has 0 aromatic heterocycles. The van der Waals surface area contributed by atoms with Crippen LogP contribution in [0.1, 0.15) is 29.5 Å². The van der Waals surface area contributed by atoms with Crippen molar-refractivity contribution in [1.82, 2.24) is 9.80 Å². The van der Waals surface area contributed by atoms with Gasteiger partial charge >= 0.3 is 0 Å². The molecule has 1 unspecified atom stereocenters. The van der Waals surface area contributed by atoms with Crippen molar-refractivity contribution >= 4 is 29.3 Å². The van der Waals surface area contributed by atoms with Crippen molar-refractivity contribution in [3.8, 4) is 0 Å². The van der Waals surface area contributed by atoms with E-state index in [4.69, 9.17) is 23.2 Å². The first-order valence-corrected chi connectivity index (χ1v) is 9.63. The van der Waals surface area contributed by atoms with Crippen LogP contribution in [0.25, 0.3) is 6.08 Å². The van der Waals surface area contributed by atoms with Gasteiger partial charge in [-0.15, -0.1) is 0 Å². The molecule has 4 rings (SSSR count). The SMILES string of the molecule is Clc1ccc(CN2CCCC(N3C=Cc4ccccc4C3)C2)cc1Cl. The van der Waals surface area contributed by atoms with Gasteiger partial charge in [-0.2, -0.15) is 0 Å². The molecule has 2 aromatic carbocycles. The zero-order valence-electron chi connectivity index (χ0n) is 14.2. The van der Waals surface area contributed by atoms with Gasteiger partial charge < -0.3 is 4.90 Å². The van der Waals surface area contributed by atoms with Gasteiger partial charge in [0, 0.05) is 31.9 Å². The molecular formula is C21H22Cl2N2. The number of fused-ring (bicyclic) bond motifs is 1. The van der Waals surface area contributed by atoms with Crippen molar-refractivity contribution in [2.75, 3.05) is 13.1 Å². The minimum absolute atomic E-state index is 0.570. The van der Waals surface area contributed by atoms with Gasteiger partial charge in [-0.25, -0.2) is 0 Å². The van der Waals surface area contributed by atoms with Crippen LogP contribution >= 0.6 is 23.2 Å². The molecule has 0 radical (unpaired) electrons. The molecule has 25 heavy (non-hydrogen) atoms. The van der Waals surface area contributed by atoms with Crippen molar-refractivity contribution in [1.29, 1.82) is 0 Å². The van der Waals surface area contributed by atoms with E-state index in [9.17, 15) is 0 Å². The fourth-order valence-corrected chi connectivity index (χ4v) is 4.18. The maximum atomic E-state index is 6.16. The maximum Gasteiger partial charge on any atom is 0.0595 e. The Balaban J connectivity index is 1.42. The zero-order chi connectivity index (χ0) is 17.2. The maximum absolute atomic E-state index is 6.16. The minimum atomic E-state index is 0.570. The van der Waals surface area contributed by atoms with Crippen molar-refractivity contribution in [2.45, 2.75) is 32.0 Å². The van der Waals surface area contributed by atoms with Gasteiger partial charge in [0.1, 0.15) is 0 Å². The largest absolute Gasteiger partial charge is 0.369 e. The lowest BCUT2D eigenvalue weighted by Gasteiger charge is -2.40. The molecular weight excluding hydrogens is 351 g/mol. The van der Waals surface area contributed by atoms with E-state index >= 15 is 0 Å². The summed E-state index contributed by atoms with van der Waals surface area (Å²) in [5, 5.41) is 1.27. The second-order valence-corrected chi connectivity index (χ2v) is 7.78. The van der Waals surface area contributed by atoms with Gasteiger partial charge in [-0.05, 0) is 54.3 Å². The molecule has 2 heterocycles. The van der Waals surface area contributed by atoms with Crippen molar-refractivity contribution < 1.29 is 0 Å². The van der Waals surface area contributed by atoms with Crippen LogP contribution in [0.15, 0.2) is 48.7 Å². The van der Waals surface area contributed by atoms with Crippen LogP contribution in [0.2, 0.25) is 10.0 Å². The standard InChI is InChI=1S/C21H22Cl2N2/c22-20-8-7-16(12-21(20)23)13-24-10-3-6-19(15-24)25-11-9-17-4-1-2-5-18(17)14-25/h1-2,4-5,7-9,11-12,19H,3,6,10,13-15H2. The summed E-state index contributed by atoms with van der Waals surface area (Å²) in [5.41, 5.74) is 4.00. The molecule has 1 atom stereocenters. The normalized spacial score (nSPS) is 20.6. The van der Waals surface area contributed by atoms with E-state index in [0.717, 1.165) is 26.2 Å². The number of nitrogens with zero attached hydrogens (tertiary/aromatic N) is 2. The van der Waals surface area contributed by atoms with Crippen LogP contribution in [-0.4, -0.2) is 28.9 Å². The first-order valence-electron chi connectivity index (χ1n) is 8.87. The highest BCUT2D eigenvalue weighted by Crippen LogP contribution is 2.27. The molecule has 130 valence electrons. The van der Waals surface area contributed by atoms with Crippen molar-refractivity contribution in [3.63, 3.8) is 0 Å². The van der Waals surface area contributed by atoms with Crippen LogP contribution < -0.4 is 0 Å². The van der Waals surface area contributed by atoms with E-state index in [2.05, 4.69) is 52.4 Å². The number of likely N-dealkylation sites (tertiary alicyclic amines) is 1. The molecule has 2 aliphatic heterocycles. The molecule has 0 amide bonds. The number of piperidine rings is 1. The predicted octanol–water partition coefficient (Wildman–Crippen LogP) is 5.44. The third-order valence-electron chi connectivity index (χ3n) is 5.19. The smallest absolute Gasteiger partial charge is 0.0595 e. The number of benzene rings is 2. The molecule has 0 saturated carbocycles. The number of halogens is 2. The van der Waals surface area contributed by atoms with Crippen LogP contribution in [0.5, 0.6) is 0 Å². The van der Waals surface area contributed by atoms with Crippen LogP contribution in [0, 0.1) is 0 Å². The van der Waals surface area contributed by atoms with Crippen LogP contribution in [0.3, 0.4) is 0 Å². The Hall–Kier alpha value is -1.48. The average molecular weight is 373 g/mol. The summed E-state index contributed by atoms with van der Waals surface area (Å²) >= 11 is 12.2. The third-order valence-corrected chi connectivity index (χ3v) is 5.93. The third kappa shape index (κ3) is 3.87. The van der Waals surface area contributed by atoms with Gasteiger partial charge in [0.2, 0.25) is 0 Å². The lowest BCUT2D eigenvalue weighted by Crippen LogP contribution is -2.45. The number of hydrogen-bond donors (Lipinski definition) is 0. The van der Waals surface area contributed by atoms with Gasteiger partial charge in [0.15, 0.2) is 0 Å². The Labute approximate surface area is 159 Å². The lowest BCUT2D eigenvalue weighted by atomic mass is 9.99. The fourth-order valence-electron chi connectivity index (χ4n) is 3.86. The van der Waals surface area contributed by atoms with Crippen molar-refractivity contribution in [2.24, 2.45) is 0 Å². The minimum Gasteiger partial charge on any atom is -0.369 e. The summed E-state index contributed by atoms with van der Waals surface area (Å²) < 4.78 is 0. The Morgan fingerprint density at radius 3 is 2.80 bits per heavy atom. The van der Waals surface area contributed by atoms with E-state index in [1.54, 1.807) is 0 Å². The van der Waals surface area contributed by atoms with Crippen LogP contribution in [-0.2, 0) is 13.1 Å². The van der Waals surface area contributed by atoms with E-state index in [-0.39, 0.29) is 0 Å². The predicted molar refractivity (Wildman–Crippen MR) is 106 cm³/mol. The van der Waals surface area contributed by atoms with Crippen LogP contribution in [0.4, 0.5) is 0 Å². The van der Waals surface area contributed by atoms with Gasteiger partial charge in [-0.1, -0.05) is 53.5 Å². The van der Waals surface area contributed by atoms with E-state index in [0.29, 0.717) is 16.1 Å². The number of hydrogen-bond acceptors (Lipinski definition) is 2. The zero-order valence-corrected chi connectivity index (χ0v) is 15.7.